The van der Waals surface area contributed by atoms with Crippen LogP contribution in [-0.2, 0) is 6.18 Å². The van der Waals surface area contributed by atoms with Crippen molar-refractivity contribution >= 4 is 39.0 Å². The molecule has 0 bridgehead atoms. The van der Waals surface area contributed by atoms with E-state index < -0.39 is 17.8 Å². The van der Waals surface area contributed by atoms with Gasteiger partial charge in [0.1, 0.15) is 0 Å². The van der Waals surface area contributed by atoms with Crippen LogP contribution in [0, 0.1) is 0 Å². The number of hydrogen-bond acceptors (Lipinski definition) is 3. The van der Waals surface area contributed by atoms with Gasteiger partial charge in [0.15, 0.2) is 5.65 Å². The first-order chi connectivity index (χ1) is 14.3. The summed E-state index contributed by atoms with van der Waals surface area (Å²) in [6.07, 6.45) is -1.20. The summed E-state index contributed by atoms with van der Waals surface area (Å²) in [6, 6.07) is 12.6. The number of fused-ring (bicyclic) bond motifs is 1. The average Bonchev–Trinajstić information content (AvgIpc) is 3.09. The number of anilines is 2. The van der Waals surface area contributed by atoms with Crippen LogP contribution in [0.5, 0.6) is 0 Å². The molecule has 6 nitrogen and oxygen atoms in total. The first-order valence-corrected chi connectivity index (χ1v) is 9.44. The average molecular weight is 476 g/mol. The van der Waals surface area contributed by atoms with Gasteiger partial charge >= 0.3 is 12.2 Å². The van der Waals surface area contributed by atoms with E-state index in [4.69, 9.17) is 0 Å². The Morgan fingerprint density at radius 2 is 1.70 bits per heavy atom. The number of alkyl halides is 3. The van der Waals surface area contributed by atoms with Gasteiger partial charge in [-0.25, -0.2) is 14.3 Å². The Labute approximate surface area is 176 Å². The molecule has 0 radical (unpaired) electrons. The predicted molar refractivity (Wildman–Crippen MR) is 110 cm³/mol. The summed E-state index contributed by atoms with van der Waals surface area (Å²) in [6.45, 7) is 0. The zero-order valence-corrected chi connectivity index (χ0v) is 16.7. The first kappa shape index (κ1) is 19.9. The van der Waals surface area contributed by atoms with Crippen LogP contribution >= 0.6 is 15.9 Å². The minimum Gasteiger partial charge on any atom is -0.308 e. The highest BCUT2D eigenvalue weighted by molar-refractivity contribution is 9.10. The summed E-state index contributed by atoms with van der Waals surface area (Å²) in [5.74, 6) is 0. The van der Waals surface area contributed by atoms with E-state index in [2.05, 4.69) is 36.6 Å². The molecule has 2 heterocycles. The molecule has 152 valence electrons. The number of hydrogen-bond donors (Lipinski definition) is 2. The largest absolute Gasteiger partial charge is 0.416 e. The number of benzene rings is 2. The van der Waals surface area contributed by atoms with Crippen molar-refractivity contribution in [3.05, 3.63) is 77.0 Å². The van der Waals surface area contributed by atoms with Gasteiger partial charge in [-0.1, -0.05) is 18.2 Å². The van der Waals surface area contributed by atoms with Crippen molar-refractivity contribution in [3.63, 3.8) is 0 Å². The minimum absolute atomic E-state index is 0.0377. The SMILES string of the molecule is O=C(Nc1cccc(-c2ccnc3c(Br)cnn23)c1)Nc1cccc(C(F)(F)F)c1. The number of aromatic nitrogens is 3. The van der Waals surface area contributed by atoms with E-state index in [-0.39, 0.29) is 5.69 Å². The van der Waals surface area contributed by atoms with Crippen molar-refractivity contribution in [2.45, 2.75) is 6.18 Å². The molecule has 0 unspecified atom stereocenters. The number of carbonyl (C=O) groups excluding carboxylic acids is 1. The monoisotopic (exact) mass is 475 g/mol. The van der Waals surface area contributed by atoms with Crippen LogP contribution in [0.4, 0.5) is 29.3 Å². The highest BCUT2D eigenvalue weighted by Crippen LogP contribution is 2.31. The smallest absolute Gasteiger partial charge is 0.308 e. The molecule has 0 fully saturated rings. The second-order valence-electron chi connectivity index (χ2n) is 6.30. The van der Waals surface area contributed by atoms with Crippen LogP contribution in [-0.4, -0.2) is 20.6 Å². The molecule has 0 atom stereocenters. The third-order valence-corrected chi connectivity index (χ3v) is 4.78. The molecule has 0 aliphatic heterocycles. The van der Waals surface area contributed by atoms with Crippen LogP contribution in [0.15, 0.2) is 71.5 Å². The van der Waals surface area contributed by atoms with Gasteiger partial charge in [-0.15, -0.1) is 0 Å². The lowest BCUT2D eigenvalue weighted by Gasteiger charge is -2.12. The molecule has 0 saturated heterocycles. The number of urea groups is 1. The van der Waals surface area contributed by atoms with Gasteiger partial charge in [0.25, 0.3) is 0 Å². The van der Waals surface area contributed by atoms with Crippen LogP contribution in [0.1, 0.15) is 5.56 Å². The van der Waals surface area contributed by atoms with Crippen molar-refractivity contribution < 1.29 is 18.0 Å². The fourth-order valence-electron chi connectivity index (χ4n) is 2.91. The standard InChI is InChI=1S/C20H13BrF3N5O/c21-16-11-26-29-17(7-8-25-18(16)29)12-3-1-5-14(9-12)27-19(30)28-15-6-2-4-13(10-15)20(22,23)24/h1-11H,(H2,27,28,30). The molecular formula is C20H13BrF3N5O. The summed E-state index contributed by atoms with van der Waals surface area (Å²) in [5.41, 5.74) is 1.84. The summed E-state index contributed by atoms with van der Waals surface area (Å²) >= 11 is 3.39. The molecule has 2 amide bonds. The molecule has 4 rings (SSSR count). The molecule has 0 aliphatic rings. The summed E-state index contributed by atoms with van der Waals surface area (Å²) in [5, 5.41) is 9.32. The van der Waals surface area contributed by atoms with Gasteiger partial charge in [-0.2, -0.15) is 18.3 Å². The highest BCUT2D eigenvalue weighted by Gasteiger charge is 2.30. The molecule has 2 aromatic heterocycles. The molecule has 4 aromatic rings. The molecule has 2 aromatic carbocycles. The Balaban J connectivity index is 1.54. The quantitative estimate of drug-likeness (QED) is 0.392. The molecular weight excluding hydrogens is 463 g/mol. The highest BCUT2D eigenvalue weighted by atomic mass is 79.9. The van der Waals surface area contributed by atoms with Crippen molar-refractivity contribution in [2.75, 3.05) is 10.6 Å². The van der Waals surface area contributed by atoms with Gasteiger partial charge in [0.2, 0.25) is 0 Å². The Morgan fingerprint density at radius 3 is 2.43 bits per heavy atom. The van der Waals surface area contributed by atoms with Crippen LogP contribution < -0.4 is 10.6 Å². The normalized spacial score (nSPS) is 11.5. The lowest BCUT2D eigenvalue weighted by atomic mass is 10.1. The molecule has 2 N–H and O–H groups in total. The van der Waals surface area contributed by atoms with Crippen molar-refractivity contribution in [3.8, 4) is 11.3 Å². The van der Waals surface area contributed by atoms with E-state index in [1.54, 1.807) is 41.2 Å². The van der Waals surface area contributed by atoms with E-state index in [1.807, 2.05) is 6.07 Å². The summed E-state index contributed by atoms with van der Waals surface area (Å²) in [7, 11) is 0. The number of halogens is 4. The zero-order valence-electron chi connectivity index (χ0n) is 15.1. The predicted octanol–water partition coefficient (Wildman–Crippen LogP) is 5.82. The maximum atomic E-state index is 12.8. The zero-order chi connectivity index (χ0) is 21.3. The topological polar surface area (TPSA) is 71.3 Å². The van der Waals surface area contributed by atoms with Gasteiger partial charge < -0.3 is 10.6 Å². The molecule has 0 aliphatic carbocycles. The van der Waals surface area contributed by atoms with Crippen molar-refractivity contribution in [1.29, 1.82) is 0 Å². The number of nitrogens with one attached hydrogen (secondary N) is 2. The van der Waals surface area contributed by atoms with E-state index in [0.717, 1.165) is 27.9 Å². The second kappa shape index (κ2) is 7.79. The minimum atomic E-state index is -4.49. The number of rotatable bonds is 3. The molecule has 30 heavy (non-hydrogen) atoms. The van der Waals surface area contributed by atoms with E-state index in [9.17, 15) is 18.0 Å². The maximum Gasteiger partial charge on any atom is 0.416 e. The molecule has 0 saturated carbocycles. The Kier molecular flexibility index (Phi) is 5.17. The van der Waals surface area contributed by atoms with E-state index in [1.165, 1.54) is 12.1 Å². The lowest BCUT2D eigenvalue weighted by Crippen LogP contribution is -2.19. The molecule has 10 heteroatoms. The third-order valence-electron chi connectivity index (χ3n) is 4.22. The van der Waals surface area contributed by atoms with E-state index >= 15 is 0 Å². The Hall–Kier alpha value is -3.40. The van der Waals surface area contributed by atoms with Crippen LogP contribution in [0.3, 0.4) is 0 Å². The second-order valence-corrected chi connectivity index (χ2v) is 7.15. The summed E-state index contributed by atoms with van der Waals surface area (Å²) in [4.78, 5) is 16.5. The van der Waals surface area contributed by atoms with Crippen molar-refractivity contribution in [1.82, 2.24) is 14.6 Å². The summed E-state index contributed by atoms with van der Waals surface area (Å²) < 4.78 is 40.9. The molecule has 0 spiro atoms. The number of amides is 2. The van der Waals surface area contributed by atoms with Crippen molar-refractivity contribution in [2.24, 2.45) is 0 Å². The first-order valence-electron chi connectivity index (χ1n) is 8.65. The van der Waals surface area contributed by atoms with Gasteiger partial charge in [-0.05, 0) is 52.3 Å². The fraction of sp³-hybridized carbons (Fsp3) is 0.0500. The van der Waals surface area contributed by atoms with Gasteiger partial charge in [-0.3, -0.25) is 0 Å². The Morgan fingerprint density at radius 1 is 1.00 bits per heavy atom. The lowest BCUT2D eigenvalue weighted by molar-refractivity contribution is -0.137. The fourth-order valence-corrected chi connectivity index (χ4v) is 3.27. The Bertz CT molecular complexity index is 1240. The third kappa shape index (κ3) is 4.13. The van der Waals surface area contributed by atoms with Gasteiger partial charge in [0, 0.05) is 23.1 Å². The van der Waals surface area contributed by atoms with Crippen LogP contribution in [0.2, 0.25) is 0 Å². The van der Waals surface area contributed by atoms with Crippen LogP contribution in [0.25, 0.3) is 16.9 Å². The number of carbonyl (C=O) groups is 1. The van der Waals surface area contributed by atoms with E-state index in [0.29, 0.717) is 11.3 Å². The van der Waals surface area contributed by atoms with Gasteiger partial charge in [0.05, 0.1) is 21.9 Å². The maximum absolute atomic E-state index is 12.8. The number of nitrogens with zero attached hydrogens (tertiary/aromatic N) is 3.